The quantitative estimate of drug-likeness (QED) is 0.165. The predicted molar refractivity (Wildman–Crippen MR) is 237 cm³/mol. The Morgan fingerprint density at radius 1 is 0.439 bits per heavy atom. The zero-order valence-corrected chi connectivity index (χ0v) is 31.8. The molecule has 0 aliphatic carbocycles. The third kappa shape index (κ3) is 4.55. The van der Waals surface area contributed by atoms with Crippen LogP contribution >= 0.6 is 0 Å². The lowest BCUT2D eigenvalue weighted by atomic mass is 9.99. The average molecular weight is 744 g/mol. The van der Waals surface area contributed by atoms with Crippen LogP contribution in [-0.2, 0) is 0 Å². The Bertz CT molecular complexity index is 3310. The van der Waals surface area contributed by atoms with E-state index < -0.39 is 8.07 Å². The lowest BCUT2D eigenvalue weighted by Crippen LogP contribution is -2.73. The van der Waals surface area contributed by atoms with Crippen molar-refractivity contribution in [3.63, 3.8) is 0 Å². The lowest BCUT2D eigenvalue weighted by molar-refractivity contribution is 0.669. The molecule has 0 spiro atoms. The van der Waals surface area contributed by atoms with Crippen molar-refractivity contribution >= 4 is 72.7 Å². The van der Waals surface area contributed by atoms with E-state index in [0.717, 1.165) is 77.6 Å². The van der Waals surface area contributed by atoms with E-state index in [2.05, 4.69) is 193 Å². The molecular formula is C52H33N3OSi. The van der Waals surface area contributed by atoms with Crippen molar-refractivity contribution in [2.24, 2.45) is 0 Å². The summed E-state index contributed by atoms with van der Waals surface area (Å²) in [6, 6.07) is 71.9. The van der Waals surface area contributed by atoms with Crippen LogP contribution in [-0.4, -0.2) is 22.6 Å². The number of nitrogens with zero attached hydrogens (tertiary/aromatic N) is 3. The van der Waals surface area contributed by atoms with Gasteiger partial charge in [0.2, 0.25) is 8.07 Å². The maximum absolute atomic E-state index is 6.43. The molecule has 57 heavy (non-hydrogen) atoms. The van der Waals surface area contributed by atoms with Crippen molar-refractivity contribution in [1.29, 1.82) is 0 Å². The highest BCUT2D eigenvalue weighted by atomic mass is 28.3. The molecule has 0 radical (unpaired) electrons. The molecule has 11 aromatic rings. The minimum absolute atomic E-state index is 0.726. The van der Waals surface area contributed by atoms with Crippen molar-refractivity contribution in [3.05, 3.63) is 200 Å². The molecule has 12 rings (SSSR count). The molecule has 8 aromatic carbocycles. The van der Waals surface area contributed by atoms with E-state index in [0.29, 0.717) is 0 Å². The number of hydrogen-bond donors (Lipinski definition) is 0. The normalized spacial score (nSPS) is 13.1. The Morgan fingerprint density at radius 2 is 1.05 bits per heavy atom. The zero-order valence-electron chi connectivity index (χ0n) is 30.8. The SMILES string of the molecule is c1ccc(-c2nc(-c3ccccc3-n3c4ccccc4c4cc5oc6ccccc6c5cc43)c3c(n2)[Si](c2ccccc2)(c2ccccc2)c2ccccc2-3)cc1. The molecule has 1 aliphatic heterocycles. The summed E-state index contributed by atoms with van der Waals surface area (Å²) in [5, 5.41) is 9.60. The second-order valence-corrected chi connectivity index (χ2v) is 18.5. The topological polar surface area (TPSA) is 43.9 Å². The molecule has 5 heteroatoms. The largest absolute Gasteiger partial charge is 0.456 e. The van der Waals surface area contributed by atoms with Crippen LogP contribution in [0.3, 0.4) is 0 Å². The van der Waals surface area contributed by atoms with Crippen molar-refractivity contribution in [1.82, 2.24) is 14.5 Å². The molecule has 0 saturated heterocycles. The Labute approximate surface area is 330 Å². The van der Waals surface area contributed by atoms with Gasteiger partial charge in [0.1, 0.15) is 11.2 Å². The Kier molecular flexibility index (Phi) is 6.91. The fourth-order valence-electron chi connectivity index (χ4n) is 9.50. The monoisotopic (exact) mass is 743 g/mol. The summed E-state index contributed by atoms with van der Waals surface area (Å²) < 4.78 is 8.85. The van der Waals surface area contributed by atoms with Gasteiger partial charge in [-0.2, -0.15) is 0 Å². The van der Waals surface area contributed by atoms with Crippen LogP contribution in [0.25, 0.3) is 83.2 Å². The fraction of sp³-hybridized carbons (Fsp3) is 0. The number of aromatic nitrogens is 3. The van der Waals surface area contributed by atoms with Gasteiger partial charge in [-0.15, -0.1) is 0 Å². The minimum Gasteiger partial charge on any atom is -0.456 e. The van der Waals surface area contributed by atoms with Crippen LogP contribution in [0.15, 0.2) is 205 Å². The van der Waals surface area contributed by atoms with E-state index in [-0.39, 0.29) is 0 Å². The third-order valence-corrected chi connectivity index (χ3v) is 16.6. The Balaban J connectivity index is 1.23. The van der Waals surface area contributed by atoms with Gasteiger partial charge < -0.3 is 8.98 Å². The molecule has 0 fully saturated rings. The number of benzene rings is 8. The van der Waals surface area contributed by atoms with Gasteiger partial charge in [-0.3, -0.25) is 0 Å². The molecule has 4 nitrogen and oxygen atoms in total. The molecule has 3 aromatic heterocycles. The summed E-state index contributed by atoms with van der Waals surface area (Å²) in [7, 11) is -2.94. The first kappa shape index (κ1) is 32.0. The van der Waals surface area contributed by atoms with Crippen LogP contribution in [0.2, 0.25) is 0 Å². The first-order valence-electron chi connectivity index (χ1n) is 19.4. The van der Waals surface area contributed by atoms with Crippen LogP contribution in [0, 0.1) is 0 Å². The molecule has 0 atom stereocenters. The van der Waals surface area contributed by atoms with Crippen molar-refractivity contribution in [3.8, 4) is 39.5 Å². The zero-order chi connectivity index (χ0) is 37.5. The molecule has 0 amide bonds. The third-order valence-electron chi connectivity index (χ3n) is 11.9. The molecule has 0 saturated carbocycles. The standard InChI is InChI=1S/C52H33N3OSi/c1-4-18-34(19-5-1)51-53-50(49-40-27-13-17-31-48(40)57(52(49)54-51,35-20-6-2-7-21-35)36-22-8-3-9-23-36)39-26-11-15-29-44(39)55-43-28-14-10-24-37(43)41-33-47-42(32-45(41)55)38-25-12-16-30-46(38)56-47/h1-33H. The average Bonchev–Trinajstić information content (AvgIpc) is 3.92. The maximum Gasteiger partial charge on any atom is 0.203 e. The highest BCUT2D eigenvalue weighted by Crippen LogP contribution is 2.43. The van der Waals surface area contributed by atoms with Crippen LogP contribution < -0.4 is 20.9 Å². The van der Waals surface area contributed by atoms with Crippen molar-refractivity contribution in [2.75, 3.05) is 0 Å². The number of fused-ring (bicyclic) bond motifs is 9. The summed E-state index contributed by atoms with van der Waals surface area (Å²) in [5.41, 5.74) is 10.4. The Hall–Kier alpha value is -7.34. The predicted octanol–water partition coefficient (Wildman–Crippen LogP) is 10.2. The number of rotatable bonds is 5. The van der Waals surface area contributed by atoms with E-state index in [1.165, 1.54) is 26.5 Å². The molecular weight excluding hydrogens is 711 g/mol. The van der Waals surface area contributed by atoms with Crippen molar-refractivity contribution in [2.45, 2.75) is 0 Å². The summed E-state index contributed by atoms with van der Waals surface area (Å²) in [4.78, 5) is 11.3. The smallest absolute Gasteiger partial charge is 0.203 e. The van der Waals surface area contributed by atoms with Gasteiger partial charge in [-0.05, 0) is 51.5 Å². The van der Waals surface area contributed by atoms with Crippen molar-refractivity contribution < 1.29 is 4.42 Å². The first-order valence-corrected chi connectivity index (χ1v) is 21.4. The fourth-order valence-corrected chi connectivity index (χ4v) is 14.5. The first-order chi connectivity index (χ1) is 28.3. The van der Waals surface area contributed by atoms with E-state index >= 15 is 0 Å². The lowest BCUT2D eigenvalue weighted by Gasteiger charge is -2.30. The van der Waals surface area contributed by atoms with Gasteiger partial charge in [0.05, 0.1) is 27.7 Å². The molecule has 0 bridgehead atoms. The highest BCUT2D eigenvalue weighted by Gasteiger charge is 2.51. The minimum atomic E-state index is -2.94. The van der Waals surface area contributed by atoms with E-state index in [9.17, 15) is 0 Å². The summed E-state index contributed by atoms with van der Waals surface area (Å²) in [5.74, 6) is 0.726. The summed E-state index contributed by atoms with van der Waals surface area (Å²) in [6.45, 7) is 0. The van der Waals surface area contributed by atoms with Crippen LogP contribution in [0.1, 0.15) is 0 Å². The molecule has 266 valence electrons. The van der Waals surface area contributed by atoms with Gasteiger partial charge in [0.15, 0.2) is 5.82 Å². The van der Waals surface area contributed by atoms with Crippen LogP contribution in [0.5, 0.6) is 0 Å². The highest BCUT2D eigenvalue weighted by molar-refractivity contribution is 7.21. The summed E-state index contributed by atoms with van der Waals surface area (Å²) >= 11 is 0. The second kappa shape index (κ2) is 12.3. The van der Waals surface area contributed by atoms with Gasteiger partial charge in [0.25, 0.3) is 0 Å². The summed E-state index contributed by atoms with van der Waals surface area (Å²) in [6.07, 6.45) is 0. The molecule has 1 aliphatic rings. The number of hydrogen-bond acceptors (Lipinski definition) is 3. The van der Waals surface area contributed by atoms with Gasteiger partial charge >= 0.3 is 0 Å². The Morgan fingerprint density at radius 3 is 1.82 bits per heavy atom. The second-order valence-electron chi connectivity index (χ2n) is 14.8. The van der Waals surface area contributed by atoms with E-state index in [4.69, 9.17) is 14.4 Å². The van der Waals surface area contributed by atoms with E-state index in [1.807, 2.05) is 12.1 Å². The van der Waals surface area contributed by atoms with Gasteiger partial charge in [-0.1, -0.05) is 170 Å². The van der Waals surface area contributed by atoms with Gasteiger partial charge in [-0.25, -0.2) is 9.97 Å². The number of furan rings is 1. The maximum atomic E-state index is 6.43. The number of para-hydroxylation sites is 3. The van der Waals surface area contributed by atoms with Crippen LogP contribution in [0.4, 0.5) is 0 Å². The molecule has 4 heterocycles. The van der Waals surface area contributed by atoms with Gasteiger partial charge in [0, 0.05) is 38.2 Å². The molecule has 0 unspecified atom stereocenters. The molecule has 0 N–H and O–H groups in total. The van der Waals surface area contributed by atoms with E-state index in [1.54, 1.807) is 0 Å².